The first-order valence-corrected chi connectivity index (χ1v) is 4.29. The quantitative estimate of drug-likeness (QED) is 0.502. The van der Waals surface area contributed by atoms with E-state index in [1.165, 1.54) is 6.08 Å². The molecule has 0 aromatic carbocycles. The van der Waals surface area contributed by atoms with Crippen molar-refractivity contribution in [3.63, 3.8) is 0 Å². The van der Waals surface area contributed by atoms with E-state index >= 15 is 0 Å². The second-order valence-corrected chi connectivity index (χ2v) is 3.11. The monoisotopic (exact) mass is 186 g/mol. The molecule has 1 atom stereocenters. The van der Waals surface area contributed by atoms with E-state index in [0.29, 0.717) is 6.42 Å². The second kappa shape index (κ2) is 5.91. The predicted molar refractivity (Wildman–Crippen MR) is 52.2 cm³/mol. The van der Waals surface area contributed by atoms with Gasteiger partial charge in [0.05, 0.1) is 13.2 Å². The number of hydrogen-bond acceptors (Lipinski definition) is 3. The van der Waals surface area contributed by atoms with Gasteiger partial charge in [0.15, 0.2) is 0 Å². The zero-order valence-electron chi connectivity index (χ0n) is 7.82. The third kappa shape index (κ3) is 2.66. The highest BCUT2D eigenvalue weighted by Crippen LogP contribution is 2.31. The minimum absolute atomic E-state index is 0.00623. The lowest BCUT2D eigenvalue weighted by molar-refractivity contribution is 0.0513. The summed E-state index contributed by atoms with van der Waals surface area (Å²) in [7, 11) is 0. The predicted octanol–water partition coefficient (Wildman–Crippen LogP) is 0.328. The highest BCUT2D eigenvalue weighted by atomic mass is 16.3. The molecule has 0 spiro atoms. The average molecular weight is 186 g/mol. The molecule has 0 radical (unpaired) electrons. The van der Waals surface area contributed by atoms with Crippen LogP contribution in [0.2, 0.25) is 0 Å². The minimum Gasteiger partial charge on any atom is -0.396 e. The molecule has 0 amide bonds. The Bertz CT molecular complexity index is 162. The summed E-state index contributed by atoms with van der Waals surface area (Å²) >= 11 is 0. The van der Waals surface area contributed by atoms with Gasteiger partial charge in [0.2, 0.25) is 0 Å². The van der Waals surface area contributed by atoms with Gasteiger partial charge >= 0.3 is 0 Å². The van der Waals surface area contributed by atoms with Gasteiger partial charge in [-0.2, -0.15) is 0 Å². The van der Waals surface area contributed by atoms with Crippen molar-refractivity contribution in [1.29, 1.82) is 0 Å². The highest BCUT2D eigenvalue weighted by Gasteiger charge is 2.32. The summed E-state index contributed by atoms with van der Waals surface area (Å²) in [5, 5.41) is 27.1. The fraction of sp³-hybridized carbons (Fsp3) is 0.600. The van der Waals surface area contributed by atoms with Crippen molar-refractivity contribution in [2.45, 2.75) is 6.42 Å². The molecule has 0 rings (SSSR count). The van der Waals surface area contributed by atoms with Crippen LogP contribution >= 0.6 is 0 Å². The Morgan fingerprint density at radius 1 is 1.15 bits per heavy atom. The van der Waals surface area contributed by atoms with Crippen LogP contribution in [-0.4, -0.2) is 35.1 Å². The summed E-state index contributed by atoms with van der Waals surface area (Å²) in [6, 6.07) is 0. The molecule has 0 saturated heterocycles. The molecule has 0 aromatic heterocycles. The standard InChI is InChI=1S/C10H18O3/c1-3-9(5-6-11)10(4-2,7-12)8-13/h3-4,9,11-13H,1-2,5-8H2. The smallest absolute Gasteiger partial charge is 0.0549 e. The van der Waals surface area contributed by atoms with Crippen LogP contribution in [0.25, 0.3) is 0 Å². The van der Waals surface area contributed by atoms with E-state index in [2.05, 4.69) is 13.2 Å². The normalized spacial score (nSPS) is 13.8. The molecule has 0 fully saturated rings. The van der Waals surface area contributed by atoms with Crippen molar-refractivity contribution in [2.75, 3.05) is 19.8 Å². The molecule has 0 aromatic rings. The third-order valence-electron chi connectivity index (χ3n) is 2.46. The average Bonchev–Trinajstić information content (AvgIpc) is 2.19. The molecule has 0 aliphatic carbocycles. The first kappa shape index (κ1) is 12.4. The van der Waals surface area contributed by atoms with Crippen LogP contribution < -0.4 is 0 Å². The van der Waals surface area contributed by atoms with E-state index in [1.54, 1.807) is 6.08 Å². The topological polar surface area (TPSA) is 60.7 Å². The first-order valence-electron chi connectivity index (χ1n) is 4.29. The van der Waals surface area contributed by atoms with Gasteiger partial charge < -0.3 is 15.3 Å². The van der Waals surface area contributed by atoms with Crippen molar-refractivity contribution < 1.29 is 15.3 Å². The number of hydrogen-bond donors (Lipinski definition) is 3. The van der Waals surface area contributed by atoms with Crippen LogP contribution in [-0.2, 0) is 0 Å². The van der Waals surface area contributed by atoms with Gasteiger partial charge in [-0.3, -0.25) is 0 Å². The SMILES string of the molecule is C=CC(CCO)C(C=C)(CO)CO. The molecule has 3 nitrogen and oxygen atoms in total. The van der Waals surface area contributed by atoms with Gasteiger partial charge in [0.25, 0.3) is 0 Å². The molecule has 76 valence electrons. The summed E-state index contributed by atoms with van der Waals surface area (Å²) < 4.78 is 0. The largest absolute Gasteiger partial charge is 0.396 e. The van der Waals surface area contributed by atoms with E-state index in [1.807, 2.05) is 0 Å². The van der Waals surface area contributed by atoms with Crippen LogP contribution in [0.3, 0.4) is 0 Å². The van der Waals surface area contributed by atoms with Gasteiger partial charge in [0, 0.05) is 12.0 Å². The van der Waals surface area contributed by atoms with Crippen LogP contribution in [0.4, 0.5) is 0 Å². The molecule has 1 unspecified atom stereocenters. The molecular formula is C10H18O3. The second-order valence-electron chi connectivity index (χ2n) is 3.11. The zero-order valence-corrected chi connectivity index (χ0v) is 7.82. The molecule has 0 bridgehead atoms. The Morgan fingerprint density at radius 2 is 1.69 bits per heavy atom. The fourth-order valence-corrected chi connectivity index (χ4v) is 1.34. The molecule has 0 aliphatic rings. The van der Waals surface area contributed by atoms with Gasteiger partial charge in [0.1, 0.15) is 0 Å². The third-order valence-corrected chi connectivity index (χ3v) is 2.46. The first-order chi connectivity index (χ1) is 6.20. The Morgan fingerprint density at radius 3 is 1.92 bits per heavy atom. The number of allylic oxidation sites excluding steroid dienone is 1. The van der Waals surface area contributed by atoms with E-state index in [4.69, 9.17) is 15.3 Å². The number of aliphatic hydroxyl groups is 3. The Hall–Kier alpha value is -0.640. The molecule has 3 heteroatoms. The molecule has 3 N–H and O–H groups in total. The Balaban J connectivity index is 4.64. The van der Waals surface area contributed by atoms with Crippen LogP contribution in [0.15, 0.2) is 25.3 Å². The van der Waals surface area contributed by atoms with E-state index < -0.39 is 5.41 Å². The van der Waals surface area contributed by atoms with Crippen molar-refractivity contribution in [3.8, 4) is 0 Å². The zero-order chi connectivity index (χ0) is 10.3. The maximum Gasteiger partial charge on any atom is 0.0549 e. The van der Waals surface area contributed by atoms with Gasteiger partial charge in [-0.1, -0.05) is 12.2 Å². The maximum atomic E-state index is 9.14. The van der Waals surface area contributed by atoms with E-state index in [9.17, 15) is 0 Å². The molecule has 0 aliphatic heterocycles. The molecular weight excluding hydrogens is 168 g/mol. The van der Waals surface area contributed by atoms with Gasteiger partial charge in [-0.25, -0.2) is 0 Å². The summed E-state index contributed by atoms with van der Waals surface area (Å²) in [4.78, 5) is 0. The Kier molecular flexibility index (Phi) is 5.62. The highest BCUT2D eigenvalue weighted by molar-refractivity contribution is 5.04. The van der Waals surface area contributed by atoms with Gasteiger partial charge in [-0.05, 0) is 12.3 Å². The van der Waals surface area contributed by atoms with Crippen LogP contribution in [0.5, 0.6) is 0 Å². The summed E-state index contributed by atoms with van der Waals surface area (Å²) in [6.07, 6.45) is 3.62. The lowest BCUT2D eigenvalue weighted by Crippen LogP contribution is -2.35. The Labute approximate surface area is 79.0 Å². The summed E-state index contributed by atoms with van der Waals surface area (Å²) in [5.74, 6) is -0.148. The minimum atomic E-state index is -0.759. The summed E-state index contributed by atoms with van der Waals surface area (Å²) in [6.45, 7) is 6.81. The molecule has 13 heavy (non-hydrogen) atoms. The van der Waals surface area contributed by atoms with Crippen molar-refractivity contribution in [2.24, 2.45) is 11.3 Å². The molecule has 0 saturated carbocycles. The van der Waals surface area contributed by atoms with E-state index in [-0.39, 0.29) is 25.7 Å². The number of aliphatic hydroxyl groups excluding tert-OH is 3. The van der Waals surface area contributed by atoms with Crippen molar-refractivity contribution in [3.05, 3.63) is 25.3 Å². The fourth-order valence-electron chi connectivity index (χ4n) is 1.34. The summed E-state index contributed by atoms with van der Waals surface area (Å²) in [5.41, 5.74) is -0.759. The lowest BCUT2D eigenvalue weighted by Gasteiger charge is -2.32. The molecule has 0 heterocycles. The maximum absolute atomic E-state index is 9.14. The van der Waals surface area contributed by atoms with Crippen LogP contribution in [0.1, 0.15) is 6.42 Å². The van der Waals surface area contributed by atoms with Crippen molar-refractivity contribution >= 4 is 0 Å². The number of rotatable bonds is 7. The van der Waals surface area contributed by atoms with Crippen LogP contribution in [0, 0.1) is 11.3 Å². The van der Waals surface area contributed by atoms with Crippen molar-refractivity contribution in [1.82, 2.24) is 0 Å². The van der Waals surface area contributed by atoms with Gasteiger partial charge in [-0.15, -0.1) is 13.2 Å². The lowest BCUT2D eigenvalue weighted by atomic mass is 9.75. The van der Waals surface area contributed by atoms with E-state index in [0.717, 1.165) is 0 Å².